The molecule has 3 fully saturated rings. The standard InChI is InChI=1S/C24H35N3O2/c1-19(2)17-26-13-9-23(10-14-26)18-24(25(3)22(23)29)11-15-27(16-12-24)21(28)20-7-5-4-6-8-20/h4-8,19H,9-18H2,1-3H3. The molecule has 0 atom stereocenters. The lowest BCUT2D eigenvalue weighted by Gasteiger charge is -2.44. The summed E-state index contributed by atoms with van der Waals surface area (Å²) in [5.41, 5.74) is 0.520. The van der Waals surface area contributed by atoms with E-state index < -0.39 is 0 Å². The summed E-state index contributed by atoms with van der Waals surface area (Å²) in [5, 5.41) is 0. The Bertz CT molecular complexity index is 745. The van der Waals surface area contributed by atoms with Crippen LogP contribution in [0.5, 0.6) is 0 Å². The van der Waals surface area contributed by atoms with Crippen LogP contribution in [0.2, 0.25) is 0 Å². The van der Waals surface area contributed by atoms with Crippen molar-refractivity contribution in [2.45, 2.75) is 51.5 Å². The van der Waals surface area contributed by atoms with E-state index in [0.717, 1.165) is 70.4 Å². The Kier molecular flexibility index (Phi) is 5.45. The van der Waals surface area contributed by atoms with Crippen molar-refractivity contribution in [2.75, 3.05) is 39.8 Å². The zero-order valence-electron chi connectivity index (χ0n) is 18.2. The van der Waals surface area contributed by atoms with Crippen molar-refractivity contribution in [1.29, 1.82) is 0 Å². The van der Waals surface area contributed by atoms with Gasteiger partial charge in [-0.15, -0.1) is 0 Å². The molecule has 29 heavy (non-hydrogen) atoms. The highest BCUT2D eigenvalue weighted by Crippen LogP contribution is 2.52. The van der Waals surface area contributed by atoms with Gasteiger partial charge in [-0.25, -0.2) is 0 Å². The molecule has 5 heteroatoms. The maximum absolute atomic E-state index is 13.3. The van der Waals surface area contributed by atoms with Crippen LogP contribution in [0.25, 0.3) is 0 Å². The lowest BCUT2D eigenvalue weighted by atomic mass is 9.71. The van der Waals surface area contributed by atoms with Gasteiger partial charge in [0.25, 0.3) is 5.91 Å². The van der Waals surface area contributed by atoms with Gasteiger partial charge in [-0.2, -0.15) is 0 Å². The predicted molar refractivity (Wildman–Crippen MR) is 115 cm³/mol. The van der Waals surface area contributed by atoms with E-state index in [-0.39, 0.29) is 16.9 Å². The fraction of sp³-hybridized carbons (Fsp3) is 0.667. The molecular weight excluding hydrogens is 362 g/mol. The average molecular weight is 398 g/mol. The summed E-state index contributed by atoms with van der Waals surface area (Å²) >= 11 is 0. The third-order valence-corrected chi connectivity index (χ3v) is 7.58. The Morgan fingerprint density at radius 3 is 2.21 bits per heavy atom. The first kappa shape index (κ1) is 20.4. The van der Waals surface area contributed by atoms with Crippen LogP contribution in [-0.4, -0.2) is 71.8 Å². The number of carbonyl (C=O) groups excluding carboxylic acids is 2. The molecule has 0 saturated carbocycles. The third kappa shape index (κ3) is 3.70. The Morgan fingerprint density at radius 2 is 1.62 bits per heavy atom. The van der Waals surface area contributed by atoms with Crippen molar-refractivity contribution in [3.05, 3.63) is 35.9 Å². The number of piperidine rings is 2. The summed E-state index contributed by atoms with van der Waals surface area (Å²) in [6.45, 7) is 9.19. The predicted octanol–water partition coefficient (Wildman–Crippen LogP) is 3.26. The SMILES string of the molecule is CC(C)CN1CCC2(CC1)CC1(CCN(C(=O)c3ccccc3)CC1)N(C)C2=O. The topological polar surface area (TPSA) is 43.9 Å². The molecule has 0 aromatic heterocycles. The van der Waals surface area contributed by atoms with Crippen molar-refractivity contribution in [3.63, 3.8) is 0 Å². The van der Waals surface area contributed by atoms with E-state index in [1.807, 2.05) is 42.3 Å². The molecule has 3 saturated heterocycles. The zero-order valence-corrected chi connectivity index (χ0v) is 18.2. The smallest absolute Gasteiger partial charge is 0.253 e. The molecule has 1 aromatic carbocycles. The average Bonchev–Trinajstić information content (AvgIpc) is 2.92. The van der Waals surface area contributed by atoms with Gasteiger partial charge in [0.15, 0.2) is 0 Å². The summed E-state index contributed by atoms with van der Waals surface area (Å²) in [5.74, 6) is 1.14. The summed E-state index contributed by atoms with van der Waals surface area (Å²) in [4.78, 5) is 32.7. The Morgan fingerprint density at radius 1 is 1.00 bits per heavy atom. The summed E-state index contributed by atoms with van der Waals surface area (Å²) in [6, 6.07) is 9.54. The number of hydrogen-bond acceptors (Lipinski definition) is 3. The van der Waals surface area contributed by atoms with E-state index in [2.05, 4.69) is 23.6 Å². The summed E-state index contributed by atoms with van der Waals surface area (Å²) in [6.07, 6.45) is 4.73. The van der Waals surface area contributed by atoms with Gasteiger partial charge >= 0.3 is 0 Å². The van der Waals surface area contributed by atoms with Gasteiger partial charge in [-0.3, -0.25) is 9.59 Å². The number of carbonyl (C=O) groups is 2. The number of amides is 2. The maximum atomic E-state index is 13.3. The first-order valence-corrected chi connectivity index (χ1v) is 11.2. The molecule has 3 heterocycles. The van der Waals surface area contributed by atoms with Crippen LogP contribution in [0.15, 0.2) is 30.3 Å². The van der Waals surface area contributed by atoms with Gasteiger partial charge in [0, 0.05) is 37.8 Å². The molecule has 158 valence electrons. The van der Waals surface area contributed by atoms with Gasteiger partial charge in [-0.05, 0) is 63.2 Å². The molecule has 4 rings (SSSR count). The van der Waals surface area contributed by atoms with Crippen LogP contribution < -0.4 is 0 Å². The van der Waals surface area contributed by atoms with Crippen LogP contribution in [0.4, 0.5) is 0 Å². The van der Waals surface area contributed by atoms with Gasteiger partial charge in [0.05, 0.1) is 5.41 Å². The van der Waals surface area contributed by atoms with Crippen LogP contribution >= 0.6 is 0 Å². The van der Waals surface area contributed by atoms with E-state index in [0.29, 0.717) is 11.8 Å². The molecule has 2 spiro atoms. The van der Waals surface area contributed by atoms with Gasteiger partial charge < -0.3 is 14.7 Å². The van der Waals surface area contributed by atoms with E-state index in [1.165, 1.54) is 0 Å². The molecule has 0 aliphatic carbocycles. The fourth-order valence-corrected chi connectivity index (χ4v) is 5.87. The fourth-order valence-electron chi connectivity index (χ4n) is 5.87. The van der Waals surface area contributed by atoms with Crippen molar-refractivity contribution in [1.82, 2.24) is 14.7 Å². The van der Waals surface area contributed by atoms with Crippen LogP contribution in [0.3, 0.4) is 0 Å². The first-order valence-electron chi connectivity index (χ1n) is 11.2. The van der Waals surface area contributed by atoms with E-state index in [1.54, 1.807) is 0 Å². The Hall–Kier alpha value is -1.88. The molecule has 1 aromatic rings. The molecule has 0 bridgehead atoms. The summed E-state index contributed by atoms with van der Waals surface area (Å²) in [7, 11) is 2.01. The molecular formula is C24H35N3O2. The number of likely N-dealkylation sites (tertiary alicyclic amines) is 3. The number of benzene rings is 1. The maximum Gasteiger partial charge on any atom is 0.253 e. The second-order valence-electron chi connectivity index (χ2n) is 9.90. The van der Waals surface area contributed by atoms with Crippen molar-refractivity contribution < 1.29 is 9.59 Å². The minimum atomic E-state index is -0.173. The zero-order chi connectivity index (χ0) is 20.6. The number of nitrogens with zero attached hydrogens (tertiary/aromatic N) is 3. The molecule has 0 N–H and O–H groups in total. The van der Waals surface area contributed by atoms with E-state index in [9.17, 15) is 9.59 Å². The quantitative estimate of drug-likeness (QED) is 0.786. The van der Waals surface area contributed by atoms with Gasteiger partial charge in [0.1, 0.15) is 0 Å². The summed E-state index contributed by atoms with van der Waals surface area (Å²) < 4.78 is 0. The normalized spacial score (nSPS) is 24.1. The van der Waals surface area contributed by atoms with Gasteiger partial charge in [-0.1, -0.05) is 32.0 Å². The molecule has 3 aliphatic heterocycles. The van der Waals surface area contributed by atoms with Crippen molar-refractivity contribution in [2.24, 2.45) is 11.3 Å². The van der Waals surface area contributed by atoms with Crippen LogP contribution in [0.1, 0.15) is 56.3 Å². The lowest BCUT2D eigenvalue weighted by Crippen LogP contribution is -2.52. The largest absolute Gasteiger partial charge is 0.339 e. The molecule has 5 nitrogen and oxygen atoms in total. The molecule has 0 radical (unpaired) electrons. The monoisotopic (exact) mass is 397 g/mol. The Balaban J connectivity index is 1.41. The molecule has 2 amide bonds. The highest BCUT2D eigenvalue weighted by atomic mass is 16.2. The van der Waals surface area contributed by atoms with Crippen LogP contribution in [0, 0.1) is 11.3 Å². The second-order valence-corrected chi connectivity index (χ2v) is 9.90. The second kappa shape index (κ2) is 7.75. The molecule has 3 aliphatic rings. The minimum absolute atomic E-state index is 0.0647. The van der Waals surface area contributed by atoms with Crippen LogP contribution in [-0.2, 0) is 4.79 Å². The third-order valence-electron chi connectivity index (χ3n) is 7.58. The highest BCUT2D eigenvalue weighted by molar-refractivity contribution is 5.94. The first-order chi connectivity index (χ1) is 13.9. The lowest BCUT2D eigenvalue weighted by molar-refractivity contribution is -0.139. The highest BCUT2D eigenvalue weighted by Gasteiger charge is 2.58. The number of rotatable bonds is 3. The van der Waals surface area contributed by atoms with E-state index >= 15 is 0 Å². The molecule has 0 unspecified atom stereocenters. The minimum Gasteiger partial charge on any atom is -0.339 e. The van der Waals surface area contributed by atoms with E-state index in [4.69, 9.17) is 0 Å². The van der Waals surface area contributed by atoms with Crippen molar-refractivity contribution >= 4 is 11.8 Å². The van der Waals surface area contributed by atoms with Gasteiger partial charge in [0.2, 0.25) is 5.91 Å². The Labute approximate surface area is 175 Å². The number of hydrogen-bond donors (Lipinski definition) is 0. The van der Waals surface area contributed by atoms with Crippen molar-refractivity contribution in [3.8, 4) is 0 Å².